The summed E-state index contributed by atoms with van der Waals surface area (Å²) >= 11 is 0. The Labute approximate surface area is 149 Å². The lowest BCUT2D eigenvalue weighted by Crippen LogP contribution is -2.53. The molecule has 0 aromatic carbocycles. The Bertz CT molecular complexity index is 427. The first-order valence-electron chi connectivity index (χ1n) is 8.82. The van der Waals surface area contributed by atoms with Gasteiger partial charge in [0.1, 0.15) is 12.1 Å². The number of carbonyl (C=O) groups is 3. The number of amides is 2. The predicted molar refractivity (Wildman–Crippen MR) is 92.8 cm³/mol. The lowest BCUT2D eigenvalue weighted by Gasteiger charge is -2.22. The number of rotatable bonds is 13. The summed E-state index contributed by atoms with van der Waals surface area (Å²) in [6.45, 7) is 5.05. The third-order valence-corrected chi connectivity index (χ3v) is 3.72. The largest absolute Gasteiger partial charge is 0.480 e. The van der Waals surface area contributed by atoms with Gasteiger partial charge in [0.25, 0.3) is 0 Å². The molecule has 0 radical (unpaired) electrons. The highest BCUT2D eigenvalue weighted by Crippen LogP contribution is 2.09. The molecule has 2 amide bonds. The Morgan fingerprint density at radius 3 is 2.16 bits per heavy atom. The lowest BCUT2D eigenvalue weighted by atomic mass is 10.0. The number of carboxylic acid groups (broad SMARTS) is 1. The number of aliphatic carboxylic acids is 1. The summed E-state index contributed by atoms with van der Waals surface area (Å²) in [6.07, 6.45) is 2.80. The number of nitrogens with one attached hydrogen (secondary N) is 2. The molecular formula is C17H32N2O6. The van der Waals surface area contributed by atoms with Gasteiger partial charge in [0, 0.05) is 0 Å². The number of carboxylic acids is 1. The first-order chi connectivity index (χ1) is 11.7. The molecule has 8 nitrogen and oxygen atoms in total. The molecule has 25 heavy (non-hydrogen) atoms. The molecule has 0 aliphatic heterocycles. The predicted octanol–water partition coefficient (Wildman–Crippen LogP) is 0.410. The molecule has 3 atom stereocenters. The molecule has 0 saturated heterocycles. The maximum absolute atomic E-state index is 12.2. The van der Waals surface area contributed by atoms with Gasteiger partial charge >= 0.3 is 5.97 Å². The van der Waals surface area contributed by atoms with E-state index in [1.165, 1.54) is 0 Å². The van der Waals surface area contributed by atoms with Crippen molar-refractivity contribution in [1.29, 1.82) is 0 Å². The van der Waals surface area contributed by atoms with E-state index in [0.29, 0.717) is 12.8 Å². The molecule has 0 saturated carbocycles. The van der Waals surface area contributed by atoms with Crippen molar-refractivity contribution in [3.05, 3.63) is 0 Å². The van der Waals surface area contributed by atoms with Gasteiger partial charge in [-0.2, -0.15) is 0 Å². The van der Waals surface area contributed by atoms with Gasteiger partial charge in [-0.1, -0.05) is 40.0 Å². The van der Waals surface area contributed by atoms with Crippen LogP contribution in [0, 0.1) is 5.92 Å². The first kappa shape index (κ1) is 23.3. The van der Waals surface area contributed by atoms with E-state index in [0.717, 1.165) is 19.3 Å². The van der Waals surface area contributed by atoms with Crippen molar-refractivity contribution in [2.75, 3.05) is 6.61 Å². The van der Waals surface area contributed by atoms with Crippen molar-refractivity contribution in [3.8, 4) is 0 Å². The Hall–Kier alpha value is -1.67. The van der Waals surface area contributed by atoms with Gasteiger partial charge in [-0.3, -0.25) is 9.59 Å². The first-order valence-corrected chi connectivity index (χ1v) is 8.82. The minimum Gasteiger partial charge on any atom is -0.480 e. The van der Waals surface area contributed by atoms with Crippen LogP contribution in [-0.2, 0) is 14.4 Å². The molecule has 0 aliphatic rings. The maximum atomic E-state index is 12.2. The fourth-order valence-corrected chi connectivity index (χ4v) is 2.36. The fraction of sp³-hybridized carbons (Fsp3) is 0.824. The molecular weight excluding hydrogens is 328 g/mol. The van der Waals surface area contributed by atoms with E-state index in [1.807, 2.05) is 20.8 Å². The molecule has 1 unspecified atom stereocenters. The van der Waals surface area contributed by atoms with Crippen LogP contribution in [0.25, 0.3) is 0 Å². The molecule has 0 spiro atoms. The number of hydrogen-bond acceptors (Lipinski definition) is 5. The molecule has 0 heterocycles. The SMILES string of the molecule is CCCCCC(O)CC(=O)N[C@H](CC(C)C)C(=O)N[C@@H](CO)C(=O)O. The average Bonchev–Trinajstić information content (AvgIpc) is 2.50. The fourth-order valence-electron chi connectivity index (χ4n) is 2.36. The van der Waals surface area contributed by atoms with E-state index >= 15 is 0 Å². The Morgan fingerprint density at radius 2 is 1.68 bits per heavy atom. The molecule has 5 N–H and O–H groups in total. The van der Waals surface area contributed by atoms with Crippen LogP contribution in [0.1, 0.15) is 59.3 Å². The number of aliphatic hydroxyl groups is 2. The zero-order valence-corrected chi connectivity index (χ0v) is 15.3. The van der Waals surface area contributed by atoms with E-state index in [4.69, 9.17) is 10.2 Å². The molecule has 146 valence electrons. The van der Waals surface area contributed by atoms with Crippen LogP contribution in [0.15, 0.2) is 0 Å². The minimum atomic E-state index is -1.42. The zero-order chi connectivity index (χ0) is 19.4. The van der Waals surface area contributed by atoms with E-state index in [9.17, 15) is 19.5 Å². The van der Waals surface area contributed by atoms with Crippen LogP contribution < -0.4 is 10.6 Å². The highest BCUT2D eigenvalue weighted by molar-refractivity contribution is 5.90. The molecule has 8 heteroatoms. The van der Waals surface area contributed by atoms with Gasteiger partial charge in [-0.25, -0.2) is 4.79 Å². The molecule has 0 fully saturated rings. The van der Waals surface area contributed by atoms with Crippen LogP contribution >= 0.6 is 0 Å². The van der Waals surface area contributed by atoms with Crippen molar-refractivity contribution >= 4 is 17.8 Å². The summed E-state index contributed by atoms with van der Waals surface area (Å²) in [5.41, 5.74) is 0. The summed E-state index contributed by atoms with van der Waals surface area (Å²) in [6, 6.07) is -2.33. The summed E-state index contributed by atoms with van der Waals surface area (Å²) < 4.78 is 0. The Morgan fingerprint density at radius 1 is 1.04 bits per heavy atom. The normalized spacial score (nSPS) is 14.6. The van der Waals surface area contributed by atoms with Crippen LogP contribution in [0.4, 0.5) is 0 Å². The maximum Gasteiger partial charge on any atom is 0.328 e. The molecule has 0 bridgehead atoms. The van der Waals surface area contributed by atoms with Gasteiger partial charge in [0.15, 0.2) is 0 Å². The summed E-state index contributed by atoms with van der Waals surface area (Å²) in [4.78, 5) is 35.2. The highest BCUT2D eigenvalue weighted by atomic mass is 16.4. The molecule has 0 rings (SSSR count). The van der Waals surface area contributed by atoms with Gasteiger partial charge in [-0.05, 0) is 18.8 Å². The number of carbonyl (C=O) groups excluding carboxylic acids is 2. The standard InChI is InChI=1S/C17H32N2O6/c1-4-5-6-7-12(21)9-15(22)18-13(8-11(2)3)16(23)19-14(10-20)17(24)25/h11-14,20-21H,4-10H2,1-3H3,(H,18,22)(H,19,23)(H,24,25)/t12?,13-,14+/m1/s1. The topological polar surface area (TPSA) is 136 Å². The second-order valence-corrected chi connectivity index (χ2v) is 6.69. The van der Waals surface area contributed by atoms with E-state index in [1.54, 1.807) is 0 Å². The highest BCUT2D eigenvalue weighted by Gasteiger charge is 2.27. The van der Waals surface area contributed by atoms with Crippen molar-refractivity contribution in [2.24, 2.45) is 5.92 Å². The van der Waals surface area contributed by atoms with Crippen molar-refractivity contribution in [2.45, 2.75) is 77.5 Å². The van der Waals surface area contributed by atoms with Crippen molar-refractivity contribution in [3.63, 3.8) is 0 Å². The zero-order valence-electron chi connectivity index (χ0n) is 15.3. The smallest absolute Gasteiger partial charge is 0.328 e. The summed E-state index contributed by atoms with van der Waals surface area (Å²) in [5.74, 6) is -2.38. The van der Waals surface area contributed by atoms with Crippen molar-refractivity contribution in [1.82, 2.24) is 10.6 Å². The van der Waals surface area contributed by atoms with Gasteiger partial charge < -0.3 is 26.0 Å². The third-order valence-electron chi connectivity index (χ3n) is 3.72. The minimum absolute atomic E-state index is 0.0860. The molecule has 0 aliphatic carbocycles. The van der Waals surface area contributed by atoms with Gasteiger partial charge in [-0.15, -0.1) is 0 Å². The Balaban J connectivity index is 4.67. The second kappa shape index (κ2) is 12.7. The number of aliphatic hydroxyl groups excluding tert-OH is 2. The van der Waals surface area contributed by atoms with Gasteiger partial charge in [0.05, 0.1) is 19.1 Å². The number of hydrogen-bond donors (Lipinski definition) is 5. The van der Waals surface area contributed by atoms with Crippen LogP contribution in [-0.4, -0.2) is 57.9 Å². The van der Waals surface area contributed by atoms with E-state index in [2.05, 4.69) is 10.6 Å². The number of unbranched alkanes of at least 4 members (excludes halogenated alkanes) is 2. The Kier molecular flexibility index (Phi) is 11.8. The monoisotopic (exact) mass is 360 g/mol. The lowest BCUT2D eigenvalue weighted by molar-refractivity contribution is -0.143. The summed E-state index contributed by atoms with van der Waals surface area (Å²) in [5, 5.41) is 32.5. The van der Waals surface area contributed by atoms with E-state index in [-0.39, 0.29) is 12.3 Å². The summed E-state index contributed by atoms with van der Waals surface area (Å²) in [7, 11) is 0. The average molecular weight is 360 g/mol. The van der Waals surface area contributed by atoms with Crippen molar-refractivity contribution < 1.29 is 29.7 Å². The van der Waals surface area contributed by atoms with E-state index < -0.39 is 42.6 Å². The molecule has 0 aromatic rings. The molecule has 0 aromatic heterocycles. The van der Waals surface area contributed by atoms with Crippen LogP contribution in [0.5, 0.6) is 0 Å². The quantitative estimate of drug-likeness (QED) is 0.302. The van der Waals surface area contributed by atoms with Crippen LogP contribution in [0.3, 0.4) is 0 Å². The van der Waals surface area contributed by atoms with Crippen LogP contribution in [0.2, 0.25) is 0 Å². The second-order valence-electron chi connectivity index (χ2n) is 6.69. The van der Waals surface area contributed by atoms with Gasteiger partial charge in [0.2, 0.25) is 11.8 Å². The third kappa shape index (κ3) is 10.7.